The van der Waals surface area contributed by atoms with Gasteiger partial charge in [-0.3, -0.25) is 9.80 Å². The third-order valence-electron chi connectivity index (χ3n) is 4.93. The van der Waals surface area contributed by atoms with E-state index >= 15 is 0 Å². The molecular formula is C16H27N3S. The van der Waals surface area contributed by atoms with E-state index in [4.69, 9.17) is 5.73 Å². The minimum absolute atomic E-state index is 0.197. The van der Waals surface area contributed by atoms with Crippen LogP contribution in [0.2, 0.25) is 0 Å². The van der Waals surface area contributed by atoms with E-state index in [1.807, 2.05) is 11.3 Å². The molecule has 0 aliphatic carbocycles. The predicted octanol–water partition coefficient (Wildman–Crippen LogP) is 2.61. The van der Waals surface area contributed by atoms with Crippen molar-refractivity contribution in [3.05, 3.63) is 21.9 Å². The molecule has 0 spiro atoms. The van der Waals surface area contributed by atoms with Gasteiger partial charge in [-0.2, -0.15) is 0 Å². The van der Waals surface area contributed by atoms with Crippen molar-refractivity contribution >= 4 is 11.3 Å². The number of nitrogens with two attached hydrogens (primary N) is 1. The van der Waals surface area contributed by atoms with Crippen LogP contribution < -0.4 is 5.73 Å². The summed E-state index contributed by atoms with van der Waals surface area (Å²) in [7, 11) is 0. The van der Waals surface area contributed by atoms with Crippen molar-refractivity contribution in [3.8, 4) is 0 Å². The van der Waals surface area contributed by atoms with Crippen LogP contribution in [-0.2, 0) is 0 Å². The van der Waals surface area contributed by atoms with Crippen LogP contribution in [0.25, 0.3) is 0 Å². The van der Waals surface area contributed by atoms with Gasteiger partial charge in [-0.1, -0.05) is 6.42 Å². The molecular weight excluding hydrogens is 266 g/mol. The zero-order valence-corrected chi connectivity index (χ0v) is 13.5. The molecule has 3 nitrogen and oxygen atoms in total. The van der Waals surface area contributed by atoms with Gasteiger partial charge in [0, 0.05) is 36.6 Å². The first-order valence-electron chi connectivity index (χ1n) is 7.94. The van der Waals surface area contributed by atoms with Gasteiger partial charge in [-0.15, -0.1) is 11.3 Å². The van der Waals surface area contributed by atoms with Crippen molar-refractivity contribution in [1.29, 1.82) is 0 Å². The molecule has 0 amide bonds. The van der Waals surface area contributed by atoms with Gasteiger partial charge in [0.1, 0.15) is 0 Å². The van der Waals surface area contributed by atoms with Crippen LogP contribution >= 0.6 is 11.3 Å². The fraction of sp³-hybridized carbons (Fsp3) is 0.750. The van der Waals surface area contributed by atoms with Crippen molar-refractivity contribution in [2.24, 2.45) is 5.73 Å². The molecule has 3 heterocycles. The summed E-state index contributed by atoms with van der Waals surface area (Å²) in [5.74, 6) is 0. The van der Waals surface area contributed by atoms with Gasteiger partial charge >= 0.3 is 0 Å². The van der Waals surface area contributed by atoms with E-state index in [1.165, 1.54) is 55.9 Å². The Morgan fingerprint density at radius 1 is 1.30 bits per heavy atom. The maximum Gasteiger partial charge on any atom is 0.0594 e. The molecule has 20 heavy (non-hydrogen) atoms. The molecule has 4 heteroatoms. The zero-order valence-electron chi connectivity index (χ0n) is 12.7. The molecule has 1 aromatic heterocycles. The molecule has 3 rings (SSSR count). The van der Waals surface area contributed by atoms with Crippen LogP contribution in [0.15, 0.2) is 11.4 Å². The molecule has 2 aliphatic rings. The first-order chi connectivity index (χ1) is 9.66. The van der Waals surface area contributed by atoms with Gasteiger partial charge in [0.25, 0.3) is 0 Å². The number of thiophene rings is 1. The number of aryl methyl sites for hydroxylation is 1. The first-order valence-corrected chi connectivity index (χ1v) is 8.82. The summed E-state index contributed by atoms with van der Waals surface area (Å²) < 4.78 is 0. The maximum absolute atomic E-state index is 6.35. The third-order valence-corrected chi connectivity index (χ3v) is 6.02. The van der Waals surface area contributed by atoms with Crippen molar-refractivity contribution < 1.29 is 0 Å². The van der Waals surface area contributed by atoms with Gasteiger partial charge in [-0.25, -0.2) is 0 Å². The van der Waals surface area contributed by atoms with Gasteiger partial charge in [0.2, 0.25) is 0 Å². The Kier molecular flexibility index (Phi) is 4.46. The van der Waals surface area contributed by atoms with Crippen LogP contribution in [0, 0.1) is 6.92 Å². The van der Waals surface area contributed by atoms with E-state index in [0.717, 1.165) is 6.04 Å². The first kappa shape index (κ1) is 14.5. The molecule has 2 aliphatic heterocycles. The molecule has 1 aromatic rings. The van der Waals surface area contributed by atoms with Gasteiger partial charge in [0.15, 0.2) is 0 Å². The average Bonchev–Trinajstić information content (AvgIpc) is 2.85. The maximum atomic E-state index is 6.35. The van der Waals surface area contributed by atoms with Gasteiger partial charge in [-0.05, 0) is 50.2 Å². The summed E-state index contributed by atoms with van der Waals surface area (Å²) in [5, 5.41) is 2.21. The fourth-order valence-corrected chi connectivity index (χ4v) is 5.03. The second kappa shape index (κ2) is 6.14. The SMILES string of the molecule is Cc1ccsc1C(C(C)N)N1CCN2CCCCC2C1. The summed E-state index contributed by atoms with van der Waals surface area (Å²) >= 11 is 1.87. The highest BCUT2D eigenvalue weighted by molar-refractivity contribution is 7.10. The smallest absolute Gasteiger partial charge is 0.0594 e. The number of piperidine rings is 1. The summed E-state index contributed by atoms with van der Waals surface area (Å²) in [4.78, 5) is 6.82. The summed E-state index contributed by atoms with van der Waals surface area (Å²) in [5.41, 5.74) is 7.75. The highest BCUT2D eigenvalue weighted by Crippen LogP contribution is 2.33. The molecule has 0 saturated carbocycles. The number of nitrogens with zero attached hydrogens (tertiary/aromatic N) is 2. The predicted molar refractivity (Wildman–Crippen MR) is 86.2 cm³/mol. The molecule has 2 N–H and O–H groups in total. The Hall–Kier alpha value is -0.420. The largest absolute Gasteiger partial charge is 0.326 e. The second-order valence-corrected chi connectivity index (χ2v) is 7.40. The van der Waals surface area contributed by atoms with Crippen molar-refractivity contribution in [3.63, 3.8) is 0 Å². The standard InChI is InChI=1S/C16H27N3S/c1-12-6-10-20-16(12)15(13(2)17)19-9-8-18-7-4-3-5-14(18)11-19/h6,10,13-15H,3-5,7-9,11,17H2,1-2H3. The van der Waals surface area contributed by atoms with Crippen LogP contribution in [0.5, 0.6) is 0 Å². The number of fused-ring (bicyclic) bond motifs is 1. The lowest BCUT2D eigenvalue weighted by atomic mass is 9.96. The molecule has 2 saturated heterocycles. The summed E-state index contributed by atoms with van der Waals surface area (Å²) in [6.45, 7) is 9.27. The van der Waals surface area contributed by atoms with E-state index in [-0.39, 0.29) is 6.04 Å². The van der Waals surface area contributed by atoms with Crippen LogP contribution in [0.3, 0.4) is 0 Å². The quantitative estimate of drug-likeness (QED) is 0.930. The third kappa shape index (κ3) is 2.80. The Morgan fingerprint density at radius 2 is 2.15 bits per heavy atom. The van der Waals surface area contributed by atoms with Gasteiger partial charge in [0.05, 0.1) is 6.04 Å². The van der Waals surface area contributed by atoms with Crippen LogP contribution in [0.4, 0.5) is 0 Å². The van der Waals surface area contributed by atoms with E-state index in [9.17, 15) is 0 Å². The average molecular weight is 293 g/mol. The van der Waals surface area contributed by atoms with E-state index in [1.54, 1.807) is 0 Å². The number of rotatable bonds is 3. The van der Waals surface area contributed by atoms with E-state index in [2.05, 4.69) is 35.1 Å². The molecule has 0 radical (unpaired) electrons. The molecule has 0 aromatic carbocycles. The minimum Gasteiger partial charge on any atom is -0.326 e. The van der Waals surface area contributed by atoms with E-state index in [0.29, 0.717) is 6.04 Å². The fourth-order valence-electron chi connectivity index (χ4n) is 3.86. The zero-order chi connectivity index (χ0) is 14.1. The van der Waals surface area contributed by atoms with Crippen molar-refractivity contribution in [2.75, 3.05) is 26.2 Å². The Bertz CT molecular complexity index is 443. The monoisotopic (exact) mass is 293 g/mol. The molecule has 3 atom stereocenters. The van der Waals surface area contributed by atoms with E-state index < -0.39 is 0 Å². The van der Waals surface area contributed by atoms with Gasteiger partial charge < -0.3 is 5.73 Å². The normalized spacial score (nSPS) is 28.1. The Labute approximate surface area is 126 Å². The number of hydrogen-bond donors (Lipinski definition) is 1. The lowest BCUT2D eigenvalue weighted by molar-refractivity contribution is 0.0227. The Morgan fingerprint density at radius 3 is 2.85 bits per heavy atom. The summed E-state index contributed by atoms with van der Waals surface area (Å²) in [6.07, 6.45) is 4.15. The van der Waals surface area contributed by atoms with Crippen molar-refractivity contribution in [1.82, 2.24) is 9.80 Å². The number of hydrogen-bond acceptors (Lipinski definition) is 4. The molecule has 0 bridgehead atoms. The van der Waals surface area contributed by atoms with Crippen LogP contribution in [0.1, 0.15) is 42.7 Å². The van der Waals surface area contributed by atoms with Crippen LogP contribution in [-0.4, -0.2) is 48.1 Å². The lowest BCUT2D eigenvalue weighted by Gasteiger charge is -2.47. The topological polar surface area (TPSA) is 32.5 Å². The molecule has 2 fully saturated rings. The minimum atomic E-state index is 0.197. The molecule has 112 valence electrons. The highest BCUT2D eigenvalue weighted by atomic mass is 32.1. The van der Waals surface area contributed by atoms with Crippen molar-refractivity contribution in [2.45, 2.75) is 51.2 Å². The highest BCUT2D eigenvalue weighted by Gasteiger charge is 2.34. The molecule has 3 unspecified atom stereocenters. The number of piperazine rings is 1. The lowest BCUT2D eigenvalue weighted by Crippen LogP contribution is -2.57. The second-order valence-electron chi connectivity index (χ2n) is 6.45. The summed E-state index contributed by atoms with van der Waals surface area (Å²) in [6, 6.07) is 3.59. The Balaban J connectivity index is 1.77.